The Hall–Kier alpha value is -2.26. The molecule has 128 valence electrons. The second-order valence-corrected chi connectivity index (χ2v) is 7.19. The quantitative estimate of drug-likeness (QED) is 0.695. The first-order valence-corrected chi connectivity index (χ1v) is 8.94. The van der Waals surface area contributed by atoms with Gasteiger partial charge in [-0.3, -0.25) is 14.9 Å². The summed E-state index contributed by atoms with van der Waals surface area (Å²) in [4.78, 5) is 39.7. The van der Waals surface area contributed by atoms with Crippen LogP contribution in [0.4, 0.5) is 5.13 Å². The molecule has 2 aromatic heterocycles. The Bertz CT molecular complexity index is 725. The number of hydrogen-bond donors (Lipinski definition) is 3. The number of rotatable bonds is 7. The fourth-order valence-corrected chi connectivity index (χ4v) is 3.24. The summed E-state index contributed by atoms with van der Waals surface area (Å²) in [5.41, 5.74) is 0.479. The van der Waals surface area contributed by atoms with Gasteiger partial charge in [-0.2, -0.15) is 0 Å². The van der Waals surface area contributed by atoms with E-state index in [2.05, 4.69) is 15.6 Å². The number of carboxylic acids is 1. The number of thiazole rings is 1. The average molecular weight is 367 g/mol. The van der Waals surface area contributed by atoms with Crippen LogP contribution in [0.25, 0.3) is 0 Å². The van der Waals surface area contributed by atoms with Crippen LogP contribution in [0.2, 0.25) is 0 Å². The lowest BCUT2D eigenvalue weighted by molar-refractivity contribution is -0.143. The van der Waals surface area contributed by atoms with Crippen molar-refractivity contribution in [1.29, 1.82) is 0 Å². The minimum Gasteiger partial charge on any atom is -0.480 e. The molecule has 0 saturated heterocycles. The molecule has 0 fully saturated rings. The Morgan fingerprint density at radius 1 is 1.29 bits per heavy atom. The zero-order chi connectivity index (χ0) is 17.7. The molecule has 0 aliphatic carbocycles. The molecule has 0 radical (unpaired) electrons. The van der Waals surface area contributed by atoms with Gasteiger partial charge in [-0.15, -0.1) is 22.7 Å². The highest BCUT2D eigenvalue weighted by molar-refractivity contribution is 7.14. The Labute approximate surface area is 146 Å². The van der Waals surface area contributed by atoms with Gasteiger partial charge in [-0.1, -0.05) is 19.9 Å². The van der Waals surface area contributed by atoms with Crippen LogP contribution < -0.4 is 10.6 Å². The topological polar surface area (TPSA) is 108 Å². The first-order chi connectivity index (χ1) is 11.4. The van der Waals surface area contributed by atoms with E-state index in [4.69, 9.17) is 5.11 Å². The van der Waals surface area contributed by atoms with E-state index < -0.39 is 17.9 Å². The summed E-state index contributed by atoms with van der Waals surface area (Å²) in [5, 5.41) is 18.1. The zero-order valence-corrected chi connectivity index (χ0v) is 14.7. The molecule has 0 saturated carbocycles. The van der Waals surface area contributed by atoms with Gasteiger partial charge in [0.25, 0.3) is 5.91 Å². The van der Waals surface area contributed by atoms with Gasteiger partial charge in [0.15, 0.2) is 5.13 Å². The number of amides is 2. The van der Waals surface area contributed by atoms with Crippen molar-refractivity contribution in [2.24, 2.45) is 5.92 Å². The number of aromatic nitrogens is 1. The number of hydrogen-bond acceptors (Lipinski definition) is 6. The van der Waals surface area contributed by atoms with Crippen LogP contribution in [0, 0.1) is 5.92 Å². The van der Waals surface area contributed by atoms with Crippen molar-refractivity contribution in [1.82, 2.24) is 10.3 Å². The van der Waals surface area contributed by atoms with Gasteiger partial charge >= 0.3 is 5.97 Å². The van der Waals surface area contributed by atoms with Crippen molar-refractivity contribution in [3.63, 3.8) is 0 Å². The Morgan fingerprint density at radius 2 is 2.04 bits per heavy atom. The maximum Gasteiger partial charge on any atom is 0.326 e. The molecule has 1 atom stereocenters. The Balaban J connectivity index is 1.92. The first kappa shape index (κ1) is 18.1. The lowest BCUT2D eigenvalue weighted by Gasteiger charge is -2.17. The molecule has 24 heavy (non-hydrogen) atoms. The van der Waals surface area contributed by atoms with E-state index in [1.54, 1.807) is 36.7 Å². The molecule has 0 spiro atoms. The number of anilines is 1. The molecule has 3 N–H and O–H groups in total. The van der Waals surface area contributed by atoms with E-state index >= 15 is 0 Å². The van der Waals surface area contributed by atoms with Gasteiger partial charge in [0.05, 0.1) is 17.0 Å². The number of aliphatic carboxylic acids is 1. The van der Waals surface area contributed by atoms with Crippen molar-refractivity contribution >= 4 is 45.6 Å². The van der Waals surface area contributed by atoms with Crippen LogP contribution in [0.1, 0.15) is 29.2 Å². The number of carbonyl (C=O) groups is 3. The predicted octanol–water partition coefficient (Wildman–Crippen LogP) is 2.22. The second-order valence-electron chi connectivity index (χ2n) is 5.38. The van der Waals surface area contributed by atoms with Crippen molar-refractivity contribution < 1.29 is 19.5 Å². The predicted molar refractivity (Wildman–Crippen MR) is 92.5 cm³/mol. The average Bonchev–Trinajstić information content (AvgIpc) is 3.16. The summed E-state index contributed by atoms with van der Waals surface area (Å²) in [5.74, 6) is -1.96. The van der Waals surface area contributed by atoms with E-state index in [9.17, 15) is 14.4 Å². The third-order valence-corrected chi connectivity index (χ3v) is 4.78. The third-order valence-electron chi connectivity index (χ3n) is 3.11. The molecule has 0 aliphatic rings. The normalized spacial score (nSPS) is 12.0. The molecule has 9 heteroatoms. The highest BCUT2D eigenvalue weighted by atomic mass is 32.1. The van der Waals surface area contributed by atoms with Crippen molar-refractivity contribution in [3.8, 4) is 0 Å². The fraction of sp³-hybridized carbons (Fsp3) is 0.333. The largest absolute Gasteiger partial charge is 0.480 e. The molecule has 0 aliphatic heterocycles. The van der Waals surface area contributed by atoms with Crippen LogP contribution in [0.15, 0.2) is 22.9 Å². The van der Waals surface area contributed by atoms with Crippen molar-refractivity contribution in [2.45, 2.75) is 26.3 Å². The standard InChI is InChI=1S/C15H17N3O4S2/c1-8(2)12(14(21)22)17-11(19)6-9-7-24-15(16-9)18-13(20)10-4-3-5-23-10/h3-5,7-8,12H,6H2,1-2H3,(H,17,19)(H,21,22)(H,16,18,20)/t12-/m0/s1. The fourth-order valence-electron chi connectivity index (χ4n) is 1.91. The van der Waals surface area contributed by atoms with E-state index in [0.29, 0.717) is 15.7 Å². The van der Waals surface area contributed by atoms with Gasteiger partial charge in [0.1, 0.15) is 6.04 Å². The molecule has 2 rings (SSSR count). The zero-order valence-electron chi connectivity index (χ0n) is 13.1. The lowest BCUT2D eigenvalue weighted by Crippen LogP contribution is -2.44. The summed E-state index contributed by atoms with van der Waals surface area (Å²) in [6.45, 7) is 3.44. The van der Waals surface area contributed by atoms with Gasteiger partial charge in [-0.05, 0) is 17.4 Å². The molecule has 2 heterocycles. The van der Waals surface area contributed by atoms with Crippen LogP contribution in [-0.2, 0) is 16.0 Å². The summed E-state index contributed by atoms with van der Waals surface area (Å²) in [6, 6.07) is 2.55. The minimum absolute atomic E-state index is 0.0398. The van der Waals surface area contributed by atoms with Crippen LogP contribution in [-0.4, -0.2) is 33.9 Å². The third kappa shape index (κ3) is 4.87. The minimum atomic E-state index is -1.07. The van der Waals surface area contributed by atoms with E-state index in [1.807, 2.05) is 0 Å². The lowest BCUT2D eigenvalue weighted by atomic mass is 10.0. The highest BCUT2D eigenvalue weighted by Gasteiger charge is 2.23. The molecule has 2 amide bonds. The molecular weight excluding hydrogens is 350 g/mol. The number of thiophene rings is 1. The molecule has 2 aromatic rings. The second kappa shape index (κ2) is 8.02. The van der Waals surface area contributed by atoms with Crippen molar-refractivity contribution in [2.75, 3.05) is 5.32 Å². The number of nitrogens with one attached hydrogen (secondary N) is 2. The molecular formula is C15H17N3O4S2. The van der Waals surface area contributed by atoms with Crippen LogP contribution in [0.5, 0.6) is 0 Å². The van der Waals surface area contributed by atoms with Gasteiger partial charge in [0, 0.05) is 5.38 Å². The van der Waals surface area contributed by atoms with E-state index in [1.165, 1.54) is 22.7 Å². The number of carboxylic acid groups (broad SMARTS) is 1. The summed E-state index contributed by atoms with van der Waals surface area (Å²) < 4.78 is 0. The molecule has 0 aromatic carbocycles. The van der Waals surface area contributed by atoms with Crippen molar-refractivity contribution in [3.05, 3.63) is 33.5 Å². The number of carbonyl (C=O) groups excluding carboxylic acids is 2. The van der Waals surface area contributed by atoms with Gasteiger partial charge in [-0.25, -0.2) is 9.78 Å². The Kier molecular flexibility index (Phi) is 6.04. The highest BCUT2D eigenvalue weighted by Crippen LogP contribution is 2.18. The summed E-state index contributed by atoms with van der Waals surface area (Å²) in [6.07, 6.45) is -0.0398. The molecule has 0 unspecified atom stereocenters. The van der Waals surface area contributed by atoms with Crippen LogP contribution in [0.3, 0.4) is 0 Å². The molecule has 7 nitrogen and oxygen atoms in total. The number of nitrogens with zero attached hydrogens (tertiary/aromatic N) is 1. The van der Waals surface area contributed by atoms with Gasteiger partial charge in [0.2, 0.25) is 5.91 Å². The SMILES string of the molecule is CC(C)[C@H](NC(=O)Cc1csc(NC(=O)c2cccs2)n1)C(=O)O. The summed E-state index contributed by atoms with van der Waals surface area (Å²) in [7, 11) is 0. The van der Waals surface area contributed by atoms with Gasteiger partial charge < -0.3 is 10.4 Å². The van der Waals surface area contributed by atoms with E-state index in [0.717, 1.165) is 0 Å². The monoisotopic (exact) mass is 367 g/mol. The summed E-state index contributed by atoms with van der Waals surface area (Å²) >= 11 is 2.54. The molecule has 0 bridgehead atoms. The smallest absolute Gasteiger partial charge is 0.326 e. The maximum atomic E-state index is 12.0. The van der Waals surface area contributed by atoms with E-state index in [-0.39, 0.29) is 18.2 Å². The maximum absolute atomic E-state index is 12.0. The first-order valence-electron chi connectivity index (χ1n) is 7.18. The Morgan fingerprint density at radius 3 is 2.62 bits per heavy atom. The van der Waals surface area contributed by atoms with Crippen LogP contribution >= 0.6 is 22.7 Å².